The van der Waals surface area contributed by atoms with Gasteiger partial charge in [-0.2, -0.15) is 0 Å². The Morgan fingerprint density at radius 2 is 1.89 bits per heavy atom. The number of imide groups is 1. The van der Waals surface area contributed by atoms with E-state index in [1.807, 2.05) is 6.92 Å². The van der Waals surface area contributed by atoms with Gasteiger partial charge in [-0.1, -0.05) is 6.92 Å². The first-order chi connectivity index (χ1) is 8.99. The molecule has 0 atom stereocenters. The second-order valence-corrected chi connectivity index (χ2v) is 5.00. The third-order valence-electron chi connectivity index (χ3n) is 3.21. The second kappa shape index (κ2) is 5.30. The number of benzene rings is 1. The molecule has 2 rings (SSSR count). The number of piperidine rings is 1. The molecule has 5 heteroatoms. The number of likely N-dealkylation sites (tertiary alicyclic amines) is 1. The normalized spacial score (nSPS) is 16.8. The van der Waals surface area contributed by atoms with Crippen molar-refractivity contribution in [2.75, 3.05) is 12.8 Å². The van der Waals surface area contributed by atoms with Gasteiger partial charge in [0.15, 0.2) is 0 Å². The van der Waals surface area contributed by atoms with E-state index < -0.39 is 0 Å². The Morgan fingerprint density at radius 3 is 2.47 bits per heavy atom. The first-order valence-corrected chi connectivity index (χ1v) is 6.26. The van der Waals surface area contributed by atoms with E-state index in [-0.39, 0.29) is 24.3 Å². The number of methoxy groups -OCH3 is 1. The molecule has 1 aromatic carbocycles. The molecule has 0 spiro atoms. The number of hydrogen-bond donors (Lipinski definition) is 1. The van der Waals surface area contributed by atoms with Crippen molar-refractivity contribution in [2.24, 2.45) is 5.92 Å². The van der Waals surface area contributed by atoms with Crippen LogP contribution in [0.4, 0.5) is 5.69 Å². The van der Waals surface area contributed by atoms with E-state index in [1.54, 1.807) is 25.3 Å². The highest BCUT2D eigenvalue weighted by Crippen LogP contribution is 2.24. The van der Waals surface area contributed by atoms with Crippen LogP contribution in [0.2, 0.25) is 0 Å². The van der Waals surface area contributed by atoms with E-state index in [9.17, 15) is 9.59 Å². The van der Waals surface area contributed by atoms with Crippen molar-refractivity contribution >= 4 is 17.5 Å². The van der Waals surface area contributed by atoms with Gasteiger partial charge in [0.05, 0.1) is 13.7 Å². The fraction of sp³-hybridized carbons (Fsp3) is 0.429. The standard InChI is InChI=1S/C14H18N2O3/c1-9-3-13(17)16(14(18)4-9)8-10-5-11(15)7-12(6-10)19-2/h5-7,9H,3-4,8,15H2,1-2H3. The van der Waals surface area contributed by atoms with Crippen molar-refractivity contribution in [3.8, 4) is 5.75 Å². The molecular formula is C14H18N2O3. The third kappa shape index (κ3) is 3.05. The minimum Gasteiger partial charge on any atom is -0.497 e. The number of rotatable bonds is 3. The molecule has 1 aromatic rings. The molecule has 1 aliphatic rings. The van der Waals surface area contributed by atoms with E-state index in [0.29, 0.717) is 24.3 Å². The number of ether oxygens (including phenoxy) is 1. The van der Waals surface area contributed by atoms with Crippen molar-refractivity contribution in [1.29, 1.82) is 0 Å². The van der Waals surface area contributed by atoms with Crippen molar-refractivity contribution in [1.82, 2.24) is 4.90 Å². The quantitative estimate of drug-likeness (QED) is 0.662. The van der Waals surface area contributed by atoms with Crippen molar-refractivity contribution < 1.29 is 14.3 Å². The molecule has 1 aliphatic heterocycles. The smallest absolute Gasteiger partial charge is 0.229 e. The molecule has 19 heavy (non-hydrogen) atoms. The average molecular weight is 262 g/mol. The van der Waals surface area contributed by atoms with E-state index in [0.717, 1.165) is 5.56 Å². The van der Waals surface area contributed by atoms with Gasteiger partial charge in [-0.25, -0.2) is 0 Å². The highest BCUT2D eigenvalue weighted by atomic mass is 16.5. The fourth-order valence-corrected chi connectivity index (χ4v) is 2.28. The fourth-order valence-electron chi connectivity index (χ4n) is 2.28. The molecule has 1 heterocycles. The molecule has 0 unspecified atom stereocenters. The molecule has 0 bridgehead atoms. The Labute approximate surface area is 112 Å². The molecule has 0 aliphatic carbocycles. The molecule has 2 amide bonds. The summed E-state index contributed by atoms with van der Waals surface area (Å²) in [6, 6.07) is 5.24. The Bertz CT molecular complexity index is 495. The molecule has 0 aromatic heterocycles. The summed E-state index contributed by atoms with van der Waals surface area (Å²) in [4.78, 5) is 25.1. The van der Waals surface area contributed by atoms with Gasteiger partial charge in [0.1, 0.15) is 5.75 Å². The maximum absolute atomic E-state index is 11.9. The van der Waals surface area contributed by atoms with Crippen LogP contribution in [0.1, 0.15) is 25.3 Å². The number of carbonyl (C=O) groups is 2. The van der Waals surface area contributed by atoms with E-state index in [2.05, 4.69) is 0 Å². The molecule has 0 radical (unpaired) electrons. The van der Waals surface area contributed by atoms with Gasteiger partial charge in [0.25, 0.3) is 0 Å². The zero-order chi connectivity index (χ0) is 14.0. The SMILES string of the molecule is COc1cc(N)cc(CN2C(=O)CC(C)CC2=O)c1. The number of hydrogen-bond acceptors (Lipinski definition) is 4. The number of amides is 2. The summed E-state index contributed by atoms with van der Waals surface area (Å²) in [5, 5.41) is 0. The predicted molar refractivity (Wildman–Crippen MR) is 71.4 cm³/mol. The zero-order valence-electron chi connectivity index (χ0n) is 11.2. The number of carbonyl (C=O) groups excluding carboxylic acids is 2. The van der Waals surface area contributed by atoms with E-state index in [4.69, 9.17) is 10.5 Å². The van der Waals surface area contributed by atoms with Crippen LogP contribution in [0.25, 0.3) is 0 Å². The van der Waals surface area contributed by atoms with Crippen LogP contribution in [0.15, 0.2) is 18.2 Å². The summed E-state index contributed by atoms with van der Waals surface area (Å²) < 4.78 is 5.13. The Hall–Kier alpha value is -2.04. The second-order valence-electron chi connectivity index (χ2n) is 5.00. The van der Waals surface area contributed by atoms with Gasteiger partial charge in [-0.05, 0) is 23.6 Å². The Morgan fingerprint density at radius 1 is 1.26 bits per heavy atom. The summed E-state index contributed by atoms with van der Waals surface area (Å²) >= 11 is 0. The summed E-state index contributed by atoms with van der Waals surface area (Å²) in [7, 11) is 1.55. The van der Waals surface area contributed by atoms with Gasteiger partial charge < -0.3 is 10.5 Å². The number of nitrogens with zero attached hydrogens (tertiary/aromatic N) is 1. The first kappa shape index (κ1) is 13.4. The van der Waals surface area contributed by atoms with E-state index in [1.165, 1.54) is 4.90 Å². The maximum Gasteiger partial charge on any atom is 0.229 e. The van der Waals surface area contributed by atoms with Gasteiger partial charge >= 0.3 is 0 Å². The summed E-state index contributed by atoms with van der Waals surface area (Å²) in [5.41, 5.74) is 7.12. The van der Waals surface area contributed by atoms with Crippen LogP contribution in [-0.4, -0.2) is 23.8 Å². The van der Waals surface area contributed by atoms with Crippen LogP contribution in [-0.2, 0) is 16.1 Å². The zero-order valence-corrected chi connectivity index (χ0v) is 11.2. The van der Waals surface area contributed by atoms with Gasteiger partial charge in [-0.15, -0.1) is 0 Å². The molecule has 1 saturated heterocycles. The lowest BCUT2D eigenvalue weighted by Gasteiger charge is -2.28. The predicted octanol–water partition coefficient (Wildman–Crippen LogP) is 1.56. The van der Waals surface area contributed by atoms with Gasteiger partial charge in [0.2, 0.25) is 11.8 Å². The first-order valence-electron chi connectivity index (χ1n) is 6.26. The highest BCUT2D eigenvalue weighted by molar-refractivity contribution is 5.97. The topological polar surface area (TPSA) is 72.6 Å². The average Bonchev–Trinajstić information content (AvgIpc) is 2.33. The largest absolute Gasteiger partial charge is 0.497 e. The molecule has 5 nitrogen and oxygen atoms in total. The minimum atomic E-state index is -0.120. The Kier molecular flexibility index (Phi) is 3.74. The summed E-state index contributed by atoms with van der Waals surface area (Å²) in [5.74, 6) is 0.516. The van der Waals surface area contributed by atoms with E-state index >= 15 is 0 Å². The molecule has 102 valence electrons. The monoisotopic (exact) mass is 262 g/mol. The van der Waals surface area contributed by atoms with Crippen LogP contribution < -0.4 is 10.5 Å². The number of nitrogens with two attached hydrogens (primary N) is 1. The van der Waals surface area contributed by atoms with Crippen molar-refractivity contribution in [3.63, 3.8) is 0 Å². The molecule has 2 N–H and O–H groups in total. The lowest BCUT2D eigenvalue weighted by molar-refractivity contribution is -0.150. The van der Waals surface area contributed by atoms with Crippen LogP contribution >= 0.6 is 0 Å². The molecule has 1 fully saturated rings. The highest BCUT2D eigenvalue weighted by Gasteiger charge is 2.30. The Balaban J connectivity index is 2.18. The van der Waals surface area contributed by atoms with Gasteiger partial charge in [-0.3, -0.25) is 14.5 Å². The van der Waals surface area contributed by atoms with Crippen LogP contribution in [0.5, 0.6) is 5.75 Å². The summed E-state index contributed by atoms with van der Waals surface area (Å²) in [6.45, 7) is 2.17. The summed E-state index contributed by atoms with van der Waals surface area (Å²) in [6.07, 6.45) is 0.844. The number of nitrogen functional groups attached to an aromatic ring is 1. The number of anilines is 1. The van der Waals surface area contributed by atoms with Crippen LogP contribution in [0, 0.1) is 5.92 Å². The third-order valence-corrected chi connectivity index (χ3v) is 3.21. The lowest BCUT2D eigenvalue weighted by atomic mass is 9.97. The van der Waals surface area contributed by atoms with Crippen LogP contribution in [0.3, 0.4) is 0 Å². The minimum absolute atomic E-state index is 0.120. The molecular weight excluding hydrogens is 244 g/mol. The molecule has 0 saturated carbocycles. The maximum atomic E-state index is 11.9. The van der Waals surface area contributed by atoms with Crippen molar-refractivity contribution in [3.05, 3.63) is 23.8 Å². The van der Waals surface area contributed by atoms with Gasteiger partial charge in [0, 0.05) is 24.6 Å². The lowest BCUT2D eigenvalue weighted by Crippen LogP contribution is -2.42. The van der Waals surface area contributed by atoms with Crippen molar-refractivity contribution in [2.45, 2.75) is 26.3 Å².